The van der Waals surface area contributed by atoms with Crippen molar-refractivity contribution in [3.8, 4) is 11.5 Å². The van der Waals surface area contributed by atoms with Gasteiger partial charge in [-0.1, -0.05) is 17.8 Å². The van der Waals surface area contributed by atoms with E-state index in [1.807, 2.05) is 25.7 Å². The summed E-state index contributed by atoms with van der Waals surface area (Å²) >= 11 is 1.64. The van der Waals surface area contributed by atoms with Crippen molar-refractivity contribution in [2.24, 2.45) is 7.05 Å². The molecule has 0 radical (unpaired) electrons. The fourth-order valence-electron chi connectivity index (χ4n) is 2.26. The van der Waals surface area contributed by atoms with E-state index in [2.05, 4.69) is 20.4 Å². The summed E-state index contributed by atoms with van der Waals surface area (Å²) in [5, 5.41) is 12.0. The van der Waals surface area contributed by atoms with E-state index >= 15 is 0 Å². The molecule has 142 valence electrons. The van der Waals surface area contributed by atoms with E-state index in [0.717, 1.165) is 17.5 Å². The van der Waals surface area contributed by atoms with Crippen LogP contribution in [0.3, 0.4) is 0 Å². The molecule has 0 aliphatic rings. The molecule has 8 nitrogen and oxygen atoms in total. The van der Waals surface area contributed by atoms with Crippen LogP contribution in [-0.2, 0) is 13.6 Å². The maximum Gasteiger partial charge on any atom is 0.255 e. The summed E-state index contributed by atoms with van der Waals surface area (Å²) in [6.45, 7) is 1.23. The predicted octanol–water partition coefficient (Wildman–Crippen LogP) is 1.42. The molecule has 1 heterocycles. The third-order valence-electron chi connectivity index (χ3n) is 3.75. The highest BCUT2D eigenvalue weighted by molar-refractivity contribution is 7.99. The van der Waals surface area contributed by atoms with Gasteiger partial charge in [0.15, 0.2) is 22.5 Å². The van der Waals surface area contributed by atoms with Gasteiger partial charge in [-0.05, 0) is 26.2 Å². The second-order valence-corrected chi connectivity index (χ2v) is 6.90. The molecule has 9 heteroatoms. The minimum Gasteiger partial charge on any atom is -0.493 e. The summed E-state index contributed by atoms with van der Waals surface area (Å²) in [5.41, 5.74) is 0.412. The van der Waals surface area contributed by atoms with Crippen LogP contribution in [0.25, 0.3) is 0 Å². The molecule has 0 fully saturated rings. The Kier molecular flexibility index (Phi) is 7.28. The number of para-hydroxylation sites is 1. The molecule has 0 bridgehead atoms. The Labute approximate surface area is 157 Å². The minimum absolute atomic E-state index is 0.259. The maximum atomic E-state index is 12.5. The number of methoxy groups -OCH3 is 2. The van der Waals surface area contributed by atoms with E-state index in [-0.39, 0.29) is 12.5 Å². The van der Waals surface area contributed by atoms with Gasteiger partial charge >= 0.3 is 0 Å². The van der Waals surface area contributed by atoms with E-state index in [1.54, 1.807) is 30.0 Å². The molecule has 26 heavy (non-hydrogen) atoms. The molecule has 0 unspecified atom stereocenters. The minimum atomic E-state index is -0.259. The van der Waals surface area contributed by atoms with Gasteiger partial charge in [0.1, 0.15) is 0 Å². The van der Waals surface area contributed by atoms with Crippen LogP contribution in [0.15, 0.2) is 23.4 Å². The number of ether oxygens (including phenoxy) is 2. The fraction of sp³-hybridized carbons (Fsp3) is 0.471. The fourth-order valence-corrected chi connectivity index (χ4v) is 3.30. The second kappa shape index (κ2) is 9.44. The molecule has 1 aromatic heterocycles. The number of nitrogens with zero attached hydrogens (tertiary/aromatic N) is 4. The first-order valence-electron chi connectivity index (χ1n) is 8.13. The van der Waals surface area contributed by atoms with Crippen molar-refractivity contribution in [1.82, 2.24) is 25.0 Å². The summed E-state index contributed by atoms with van der Waals surface area (Å²) in [4.78, 5) is 14.6. The van der Waals surface area contributed by atoms with Crippen molar-refractivity contribution in [2.75, 3.05) is 40.6 Å². The highest BCUT2D eigenvalue weighted by Crippen LogP contribution is 2.30. The van der Waals surface area contributed by atoms with Gasteiger partial charge in [0.2, 0.25) is 0 Å². The van der Waals surface area contributed by atoms with E-state index in [1.165, 1.54) is 14.2 Å². The Morgan fingerprint density at radius 1 is 1.27 bits per heavy atom. The van der Waals surface area contributed by atoms with E-state index in [9.17, 15) is 4.79 Å². The number of carbonyl (C=O) groups is 1. The molecule has 1 N–H and O–H groups in total. The number of hydrogen-bond donors (Lipinski definition) is 1. The number of rotatable bonds is 9. The Bertz CT molecular complexity index is 748. The SMILES string of the molecule is COc1cccc(C(=O)NCc2nnc(SCCN(C)C)n2C)c1OC. The van der Waals surface area contributed by atoms with Crippen molar-refractivity contribution >= 4 is 17.7 Å². The highest BCUT2D eigenvalue weighted by atomic mass is 32.2. The largest absolute Gasteiger partial charge is 0.493 e. The number of thioether (sulfide) groups is 1. The third-order valence-corrected chi connectivity index (χ3v) is 4.75. The lowest BCUT2D eigenvalue weighted by Crippen LogP contribution is -2.25. The quantitative estimate of drug-likeness (QED) is 0.660. The molecule has 0 aliphatic heterocycles. The van der Waals surface area contributed by atoms with Gasteiger partial charge in [0, 0.05) is 19.3 Å². The third kappa shape index (κ3) is 4.89. The maximum absolute atomic E-state index is 12.5. The molecule has 2 aromatic rings. The summed E-state index contributed by atoms with van der Waals surface area (Å²) in [5.74, 6) is 2.27. The Morgan fingerprint density at radius 2 is 2.04 bits per heavy atom. The Morgan fingerprint density at radius 3 is 2.69 bits per heavy atom. The topological polar surface area (TPSA) is 81.5 Å². The van der Waals surface area contributed by atoms with Crippen LogP contribution in [-0.4, -0.2) is 66.2 Å². The lowest BCUT2D eigenvalue weighted by molar-refractivity contribution is 0.0946. The molecular formula is C17H25N5O3S. The molecule has 0 saturated carbocycles. The predicted molar refractivity (Wildman–Crippen MR) is 101 cm³/mol. The van der Waals surface area contributed by atoms with Crippen LogP contribution in [0.5, 0.6) is 11.5 Å². The molecule has 0 aliphatic carbocycles. The van der Waals surface area contributed by atoms with Crippen molar-refractivity contribution in [3.63, 3.8) is 0 Å². The zero-order chi connectivity index (χ0) is 19.1. The molecular weight excluding hydrogens is 354 g/mol. The first-order chi connectivity index (χ1) is 12.5. The molecule has 1 amide bonds. The van der Waals surface area contributed by atoms with Crippen molar-refractivity contribution in [3.05, 3.63) is 29.6 Å². The normalized spacial score (nSPS) is 10.8. The number of aromatic nitrogens is 3. The lowest BCUT2D eigenvalue weighted by atomic mass is 10.1. The van der Waals surface area contributed by atoms with E-state index in [0.29, 0.717) is 22.9 Å². The number of hydrogen-bond acceptors (Lipinski definition) is 7. The smallest absolute Gasteiger partial charge is 0.255 e. The standard InChI is InChI=1S/C17H25N5O3S/c1-21(2)9-10-26-17-20-19-14(22(17)3)11-18-16(23)12-7-6-8-13(24-4)15(12)25-5/h6-8H,9-11H2,1-5H3,(H,18,23). The van der Waals surface area contributed by atoms with Crippen LogP contribution in [0.2, 0.25) is 0 Å². The van der Waals surface area contributed by atoms with Crippen molar-refractivity contribution in [2.45, 2.75) is 11.7 Å². The number of carbonyl (C=O) groups excluding carboxylic acids is 1. The Hall–Kier alpha value is -2.26. The van der Waals surface area contributed by atoms with Crippen LogP contribution < -0.4 is 14.8 Å². The van der Waals surface area contributed by atoms with Gasteiger partial charge in [-0.25, -0.2) is 0 Å². The molecule has 1 aromatic carbocycles. The zero-order valence-electron chi connectivity index (χ0n) is 15.8. The first-order valence-corrected chi connectivity index (χ1v) is 9.11. The summed E-state index contributed by atoms with van der Waals surface area (Å²) in [7, 11) is 9.00. The van der Waals surface area contributed by atoms with E-state index in [4.69, 9.17) is 9.47 Å². The monoisotopic (exact) mass is 379 g/mol. The Balaban J connectivity index is 2.01. The molecule has 0 saturated heterocycles. The van der Waals surface area contributed by atoms with Gasteiger partial charge in [-0.3, -0.25) is 4.79 Å². The second-order valence-electron chi connectivity index (χ2n) is 5.83. The summed E-state index contributed by atoms with van der Waals surface area (Å²) in [6.07, 6.45) is 0. The van der Waals surface area contributed by atoms with Gasteiger partial charge in [-0.15, -0.1) is 10.2 Å². The van der Waals surface area contributed by atoms with Crippen LogP contribution >= 0.6 is 11.8 Å². The van der Waals surface area contributed by atoms with Gasteiger partial charge in [0.05, 0.1) is 26.3 Å². The zero-order valence-corrected chi connectivity index (χ0v) is 16.6. The summed E-state index contributed by atoms with van der Waals surface area (Å²) < 4.78 is 12.4. The number of benzene rings is 1. The number of amides is 1. The molecule has 2 rings (SSSR count). The first kappa shape index (κ1) is 20.1. The van der Waals surface area contributed by atoms with Crippen LogP contribution in [0, 0.1) is 0 Å². The van der Waals surface area contributed by atoms with E-state index < -0.39 is 0 Å². The lowest BCUT2D eigenvalue weighted by Gasteiger charge is -2.12. The highest BCUT2D eigenvalue weighted by Gasteiger charge is 2.17. The molecule has 0 atom stereocenters. The van der Waals surface area contributed by atoms with Crippen LogP contribution in [0.4, 0.5) is 0 Å². The van der Waals surface area contributed by atoms with Crippen LogP contribution in [0.1, 0.15) is 16.2 Å². The van der Waals surface area contributed by atoms with Gasteiger partial charge < -0.3 is 24.3 Å². The average Bonchev–Trinajstić information content (AvgIpc) is 2.98. The van der Waals surface area contributed by atoms with Gasteiger partial charge in [0.25, 0.3) is 5.91 Å². The number of nitrogens with one attached hydrogen (secondary N) is 1. The average molecular weight is 379 g/mol. The summed E-state index contributed by atoms with van der Waals surface area (Å²) in [6, 6.07) is 5.18. The van der Waals surface area contributed by atoms with Gasteiger partial charge in [-0.2, -0.15) is 0 Å². The van der Waals surface area contributed by atoms with Crippen molar-refractivity contribution < 1.29 is 14.3 Å². The molecule has 0 spiro atoms. The van der Waals surface area contributed by atoms with Crippen molar-refractivity contribution in [1.29, 1.82) is 0 Å².